The highest BCUT2D eigenvalue weighted by atomic mass is 79.9. The molecule has 2 heterocycles. The minimum atomic E-state index is 0.202. The van der Waals surface area contributed by atoms with Gasteiger partial charge in [-0.05, 0) is 132 Å². The molecule has 2 unspecified atom stereocenters. The lowest BCUT2D eigenvalue weighted by molar-refractivity contribution is 0.282. The van der Waals surface area contributed by atoms with Crippen molar-refractivity contribution in [2.75, 3.05) is 0 Å². The Kier molecular flexibility index (Phi) is 7.88. The molecule has 0 saturated heterocycles. The highest BCUT2D eigenvalue weighted by Gasteiger charge is 2.37. The molecular weight excluding hydrogens is 716 g/mol. The zero-order valence-corrected chi connectivity index (χ0v) is 32.3. The van der Waals surface area contributed by atoms with Crippen LogP contribution in [0.4, 0.5) is 0 Å². The lowest BCUT2D eigenvalue weighted by Gasteiger charge is -2.36. The normalized spacial score (nSPS) is 18.3. The molecule has 0 saturated carbocycles. The molecule has 2 aromatic heterocycles. The first kappa shape index (κ1) is 32.1. The van der Waals surface area contributed by atoms with Crippen molar-refractivity contribution >= 4 is 53.7 Å². The van der Waals surface area contributed by atoms with Gasteiger partial charge in [-0.2, -0.15) is 0 Å². The summed E-state index contributed by atoms with van der Waals surface area (Å²) in [7, 11) is 0. The predicted molar refractivity (Wildman–Crippen MR) is 211 cm³/mol. The van der Waals surface area contributed by atoms with Gasteiger partial charge in [0, 0.05) is 54.3 Å². The van der Waals surface area contributed by atoms with E-state index in [4.69, 9.17) is 0 Å². The van der Waals surface area contributed by atoms with E-state index >= 15 is 0 Å². The number of aromatic nitrogens is 2. The van der Waals surface area contributed by atoms with Gasteiger partial charge in [0.15, 0.2) is 0 Å². The van der Waals surface area contributed by atoms with Crippen LogP contribution in [0.5, 0.6) is 0 Å². The Bertz CT molecular complexity index is 2010. The number of halogens is 2. The van der Waals surface area contributed by atoms with Crippen LogP contribution in [0.1, 0.15) is 102 Å². The Morgan fingerprint density at radius 3 is 1.25 bits per heavy atom. The van der Waals surface area contributed by atoms with E-state index in [1.807, 2.05) is 0 Å². The zero-order chi connectivity index (χ0) is 33.5. The molecule has 0 spiro atoms. The monoisotopic (exact) mass is 760 g/mol. The van der Waals surface area contributed by atoms with Crippen LogP contribution in [0, 0.1) is 10.8 Å². The third-order valence-electron chi connectivity index (χ3n) is 11.3. The highest BCUT2D eigenvalue weighted by Crippen LogP contribution is 2.50. The van der Waals surface area contributed by atoms with Gasteiger partial charge in [-0.15, -0.1) is 0 Å². The molecular formula is C44H46Br2N2. The number of benzene rings is 4. The molecule has 0 N–H and O–H groups in total. The molecule has 2 aliphatic carbocycles. The minimum absolute atomic E-state index is 0.202. The molecule has 48 heavy (non-hydrogen) atoms. The number of aryl methyl sites for hydroxylation is 2. The van der Waals surface area contributed by atoms with Crippen LogP contribution in [0.25, 0.3) is 44.3 Å². The molecule has 246 valence electrons. The van der Waals surface area contributed by atoms with Crippen LogP contribution < -0.4 is 0 Å². The van der Waals surface area contributed by atoms with Gasteiger partial charge in [-0.3, -0.25) is 0 Å². The van der Waals surface area contributed by atoms with Crippen LogP contribution in [-0.4, -0.2) is 9.13 Å². The quantitative estimate of drug-likeness (QED) is 0.170. The van der Waals surface area contributed by atoms with Gasteiger partial charge in [0.05, 0.1) is 11.0 Å². The van der Waals surface area contributed by atoms with E-state index in [0.29, 0.717) is 11.8 Å². The Morgan fingerprint density at radius 2 is 0.896 bits per heavy atom. The minimum Gasteiger partial charge on any atom is -0.313 e. The number of hydrogen-bond donors (Lipinski definition) is 0. The standard InChI is InChI=1S/C44H46Br2N2/c1-43(2,3)37-11-7-9-33-35-25-29(45)17-23-39(35)47(41(33)37)31-19-13-27(14-20-31)28-15-21-32(22-16-28)48-40-24-18-30(46)26-36(40)34-10-8-12-38(42(34)48)44(4,5)6/h13-26,37-38H,7-12H2,1-6H3. The van der Waals surface area contributed by atoms with Crippen LogP contribution in [-0.2, 0) is 12.8 Å². The largest absolute Gasteiger partial charge is 0.313 e. The lowest BCUT2D eigenvalue weighted by atomic mass is 9.71. The Hall–Kier alpha value is -3.08. The van der Waals surface area contributed by atoms with Gasteiger partial charge in [0.2, 0.25) is 0 Å². The van der Waals surface area contributed by atoms with E-state index < -0.39 is 0 Å². The van der Waals surface area contributed by atoms with E-state index in [-0.39, 0.29) is 10.8 Å². The summed E-state index contributed by atoms with van der Waals surface area (Å²) in [4.78, 5) is 0. The first-order valence-electron chi connectivity index (χ1n) is 17.8. The van der Waals surface area contributed by atoms with Gasteiger partial charge in [-0.1, -0.05) is 97.7 Å². The highest BCUT2D eigenvalue weighted by molar-refractivity contribution is 9.10. The van der Waals surface area contributed by atoms with Crippen LogP contribution >= 0.6 is 31.9 Å². The van der Waals surface area contributed by atoms with Crippen molar-refractivity contribution < 1.29 is 0 Å². The summed E-state index contributed by atoms with van der Waals surface area (Å²) in [6.07, 6.45) is 7.30. The fourth-order valence-electron chi connectivity index (χ4n) is 9.04. The average molecular weight is 763 g/mol. The molecule has 0 bridgehead atoms. The molecule has 4 aromatic carbocycles. The average Bonchev–Trinajstić information content (AvgIpc) is 3.56. The molecule has 0 aliphatic heterocycles. The first-order chi connectivity index (χ1) is 22.9. The van der Waals surface area contributed by atoms with Crippen molar-refractivity contribution in [3.8, 4) is 22.5 Å². The fraction of sp³-hybridized carbons (Fsp3) is 0.364. The molecule has 2 aliphatic rings. The van der Waals surface area contributed by atoms with Gasteiger partial charge < -0.3 is 9.13 Å². The van der Waals surface area contributed by atoms with Gasteiger partial charge in [0.1, 0.15) is 0 Å². The van der Waals surface area contributed by atoms with Crippen LogP contribution in [0.2, 0.25) is 0 Å². The fourth-order valence-corrected chi connectivity index (χ4v) is 9.76. The molecule has 0 fully saturated rings. The summed E-state index contributed by atoms with van der Waals surface area (Å²) in [5, 5.41) is 2.79. The maximum Gasteiger partial charge on any atom is 0.0535 e. The third kappa shape index (κ3) is 5.33. The summed E-state index contributed by atoms with van der Waals surface area (Å²) in [6.45, 7) is 14.5. The second-order valence-electron chi connectivity index (χ2n) is 16.4. The molecule has 0 amide bonds. The summed E-state index contributed by atoms with van der Waals surface area (Å²) in [6, 6.07) is 32.3. The Balaban J connectivity index is 1.19. The van der Waals surface area contributed by atoms with E-state index in [0.717, 1.165) is 21.8 Å². The maximum absolute atomic E-state index is 3.76. The summed E-state index contributed by atoms with van der Waals surface area (Å²) < 4.78 is 7.45. The van der Waals surface area contributed by atoms with Crippen LogP contribution in [0.15, 0.2) is 93.9 Å². The topological polar surface area (TPSA) is 9.86 Å². The first-order valence-corrected chi connectivity index (χ1v) is 19.4. The third-order valence-corrected chi connectivity index (χ3v) is 12.3. The summed E-state index contributed by atoms with van der Waals surface area (Å²) in [5.74, 6) is 1.04. The molecule has 8 rings (SSSR count). The van der Waals surface area contributed by atoms with Crippen molar-refractivity contribution in [2.45, 2.75) is 91.9 Å². The van der Waals surface area contributed by atoms with E-state index in [9.17, 15) is 0 Å². The molecule has 2 atom stereocenters. The van der Waals surface area contributed by atoms with Crippen molar-refractivity contribution in [3.63, 3.8) is 0 Å². The van der Waals surface area contributed by atoms with Crippen molar-refractivity contribution in [3.05, 3.63) is 116 Å². The summed E-state index contributed by atoms with van der Waals surface area (Å²) in [5.41, 5.74) is 14.2. The van der Waals surface area contributed by atoms with Gasteiger partial charge in [-0.25, -0.2) is 0 Å². The molecule has 6 aromatic rings. The number of fused-ring (bicyclic) bond motifs is 6. The second-order valence-corrected chi connectivity index (χ2v) is 18.3. The Labute approximate surface area is 302 Å². The Morgan fingerprint density at radius 1 is 0.521 bits per heavy atom. The van der Waals surface area contributed by atoms with Gasteiger partial charge >= 0.3 is 0 Å². The van der Waals surface area contributed by atoms with Crippen molar-refractivity contribution in [1.82, 2.24) is 9.13 Å². The molecule has 2 nitrogen and oxygen atoms in total. The van der Waals surface area contributed by atoms with E-state index in [1.54, 1.807) is 0 Å². The molecule has 4 heteroatoms. The van der Waals surface area contributed by atoms with Crippen molar-refractivity contribution in [1.29, 1.82) is 0 Å². The van der Waals surface area contributed by atoms with Crippen LogP contribution in [0.3, 0.4) is 0 Å². The zero-order valence-electron chi connectivity index (χ0n) is 29.1. The number of hydrogen-bond acceptors (Lipinski definition) is 0. The second kappa shape index (κ2) is 11.8. The maximum atomic E-state index is 3.76. The predicted octanol–water partition coefficient (Wildman–Crippen LogP) is 13.7. The van der Waals surface area contributed by atoms with E-state index in [1.165, 1.54) is 92.5 Å². The number of rotatable bonds is 3. The lowest BCUT2D eigenvalue weighted by Crippen LogP contribution is -2.25. The van der Waals surface area contributed by atoms with Gasteiger partial charge in [0.25, 0.3) is 0 Å². The van der Waals surface area contributed by atoms with E-state index in [2.05, 4.69) is 167 Å². The smallest absolute Gasteiger partial charge is 0.0535 e. The number of nitrogens with zero attached hydrogens (tertiary/aromatic N) is 2. The molecule has 0 radical (unpaired) electrons. The summed E-state index contributed by atoms with van der Waals surface area (Å²) >= 11 is 7.53. The van der Waals surface area contributed by atoms with Crippen molar-refractivity contribution in [2.24, 2.45) is 10.8 Å². The SMILES string of the molecule is CC(C)(C)C1CCCc2c1n(-c1ccc(-c3ccc(-n4c5c(c6cc(Br)ccc64)CCCC5C(C)(C)C)cc3)cc1)c1ccc(Br)cc21.